The van der Waals surface area contributed by atoms with E-state index < -0.39 is 0 Å². The van der Waals surface area contributed by atoms with Gasteiger partial charge in [0, 0.05) is 6.04 Å². The second-order valence-corrected chi connectivity index (χ2v) is 5.06. The summed E-state index contributed by atoms with van der Waals surface area (Å²) in [6.45, 7) is 2.14. The Hall–Kier alpha value is -1.74. The molecule has 1 aromatic heterocycles. The molecule has 1 N–H and O–H groups in total. The van der Waals surface area contributed by atoms with Crippen molar-refractivity contribution in [3.8, 4) is 5.75 Å². The molecule has 3 rings (SSSR count). The highest BCUT2D eigenvalue weighted by atomic mass is 16.5. The monoisotopic (exact) mass is 257 g/mol. The van der Waals surface area contributed by atoms with Gasteiger partial charge in [0.05, 0.1) is 19.4 Å². The van der Waals surface area contributed by atoms with E-state index in [4.69, 9.17) is 9.15 Å². The normalized spacial score (nSPS) is 19.2. The number of ether oxygens (including phenoxy) is 1. The Bertz CT molecular complexity index is 548. The summed E-state index contributed by atoms with van der Waals surface area (Å²) in [4.78, 5) is 0. The standard InChI is InChI=1S/C16H19NO2/c1-11(16-4-3-9-19-16)17-15-8-6-12-5-7-13(18-2)10-14(12)15/h3-5,7,9-11,15,17H,6,8H2,1-2H3/t11-,15?/m1/s1. The fraction of sp³-hybridized carbons (Fsp3) is 0.375. The van der Waals surface area contributed by atoms with Crippen molar-refractivity contribution in [2.45, 2.75) is 31.8 Å². The van der Waals surface area contributed by atoms with Crippen molar-refractivity contribution in [2.75, 3.05) is 7.11 Å². The van der Waals surface area contributed by atoms with Gasteiger partial charge >= 0.3 is 0 Å². The first-order valence-electron chi connectivity index (χ1n) is 6.74. The van der Waals surface area contributed by atoms with Crippen LogP contribution in [0.1, 0.15) is 42.3 Å². The van der Waals surface area contributed by atoms with E-state index >= 15 is 0 Å². The summed E-state index contributed by atoms with van der Waals surface area (Å²) in [6, 6.07) is 10.9. The van der Waals surface area contributed by atoms with Crippen LogP contribution in [0.3, 0.4) is 0 Å². The number of fused-ring (bicyclic) bond motifs is 1. The van der Waals surface area contributed by atoms with Gasteiger partial charge in [-0.15, -0.1) is 0 Å². The summed E-state index contributed by atoms with van der Waals surface area (Å²) in [5, 5.41) is 3.64. The highest BCUT2D eigenvalue weighted by molar-refractivity contribution is 5.40. The first-order valence-corrected chi connectivity index (χ1v) is 6.74. The lowest BCUT2D eigenvalue weighted by Gasteiger charge is -2.19. The Balaban J connectivity index is 1.78. The maximum Gasteiger partial charge on any atom is 0.120 e. The predicted octanol–water partition coefficient (Wildman–Crippen LogP) is 3.63. The third kappa shape index (κ3) is 2.38. The average molecular weight is 257 g/mol. The van der Waals surface area contributed by atoms with Crippen LogP contribution in [-0.2, 0) is 6.42 Å². The van der Waals surface area contributed by atoms with Gasteiger partial charge in [-0.1, -0.05) is 6.07 Å². The molecule has 1 aliphatic rings. The molecule has 3 heteroatoms. The van der Waals surface area contributed by atoms with E-state index in [2.05, 4.69) is 24.4 Å². The summed E-state index contributed by atoms with van der Waals surface area (Å²) in [7, 11) is 1.71. The van der Waals surface area contributed by atoms with Gasteiger partial charge in [0.1, 0.15) is 11.5 Å². The number of furan rings is 1. The second kappa shape index (κ2) is 5.10. The minimum Gasteiger partial charge on any atom is -0.497 e. The summed E-state index contributed by atoms with van der Waals surface area (Å²) in [5.41, 5.74) is 2.78. The van der Waals surface area contributed by atoms with E-state index in [1.807, 2.05) is 18.2 Å². The van der Waals surface area contributed by atoms with Gasteiger partial charge in [0.15, 0.2) is 0 Å². The molecule has 0 bridgehead atoms. The van der Waals surface area contributed by atoms with Crippen molar-refractivity contribution >= 4 is 0 Å². The molecule has 2 aromatic rings. The molecule has 0 radical (unpaired) electrons. The third-order valence-corrected chi connectivity index (χ3v) is 3.85. The maximum atomic E-state index is 5.45. The Morgan fingerprint density at radius 2 is 2.26 bits per heavy atom. The zero-order valence-corrected chi connectivity index (χ0v) is 11.3. The highest BCUT2D eigenvalue weighted by Gasteiger charge is 2.25. The Labute approximate surface area is 113 Å². The molecule has 2 atom stereocenters. The van der Waals surface area contributed by atoms with E-state index in [-0.39, 0.29) is 6.04 Å². The molecule has 1 unspecified atom stereocenters. The molecular weight excluding hydrogens is 238 g/mol. The molecule has 0 fully saturated rings. The van der Waals surface area contributed by atoms with E-state index in [1.165, 1.54) is 11.1 Å². The maximum absolute atomic E-state index is 5.45. The summed E-state index contributed by atoms with van der Waals surface area (Å²) >= 11 is 0. The minimum atomic E-state index is 0.220. The number of methoxy groups -OCH3 is 1. The zero-order chi connectivity index (χ0) is 13.2. The van der Waals surface area contributed by atoms with Crippen LogP contribution in [0.25, 0.3) is 0 Å². The van der Waals surface area contributed by atoms with Crippen LogP contribution in [0.15, 0.2) is 41.0 Å². The molecule has 100 valence electrons. The SMILES string of the molecule is COc1ccc2c(c1)C(N[C@H](C)c1ccco1)CC2. The second-order valence-electron chi connectivity index (χ2n) is 5.06. The van der Waals surface area contributed by atoms with Gasteiger partial charge in [-0.05, 0) is 55.2 Å². The lowest BCUT2D eigenvalue weighted by atomic mass is 10.1. The largest absolute Gasteiger partial charge is 0.497 e. The average Bonchev–Trinajstić information content (AvgIpc) is 3.08. The summed E-state index contributed by atoms with van der Waals surface area (Å²) < 4.78 is 10.8. The van der Waals surface area contributed by atoms with Crippen molar-refractivity contribution in [1.82, 2.24) is 5.32 Å². The Kier molecular flexibility index (Phi) is 3.30. The van der Waals surface area contributed by atoms with Gasteiger partial charge in [0.2, 0.25) is 0 Å². The van der Waals surface area contributed by atoms with Crippen LogP contribution in [0.4, 0.5) is 0 Å². The topological polar surface area (TPSA) is 34.4 Å². The van der Waals surface area contributed by atoms with Crippen molar-refractivity contribution < 1.29 is 9.15 Å². The van der Waals surface area contributed by atoms with Gasteiger partial charge < -0.3 is 14.5 Å². The number of hydrogen-bond donors (Lipinski definition) is 1. The van der Waals surface area contributed by atoms with Gasteiger partial charge in [-0.25, -0.2) is 0 Å². The quantitative estimate of drug-likeness (QED) is 0.908. The molecule has 0 spiro atoms. The highest BCUT2D eigenvalue weighted by Crippen LogP contribution is 2.35. The molecule has 0 aliphatic heterocycles. The molecule has 0 saturated carbocycles. The number of benzene rings is 1. The van der Waals surface area contributed by atoms with Crippen LogP contribution in [-0.4, -0.2) is 7.11 Å². The van der Waals surface area contributed by atoms with Crippen molar-refractivity contribution in [3.63, 3.8) is 0 Å². The lowest BCUT2D eigenvalue weighted by molar-refractivity contribution is 0.388. The predicted molar refractivity (Wildman–Crippen MR) is 74.3 cm³/mol. The van der Waals surface area contributed by atoms with E-state index in [0.29, 0.717) is 6.04 Å². The van der Waals surface area contributed by atoms with Crippen LogP contribution in [0.2, 0.25) is 0 Å². The first-order chi connectivity index (χ1) is 9.28. The molecule has 1 aliphatic carbocycles. The van der Waals surface area contributed by atoms with Crippen molar-refractivity contribution in [3.05, 3.63) is 53.5 Å². The van der Waals surface area contributed by atoms with E-state index in [0.717, 1.165) is 24.4 Å². The smallest absolute Gasteiger partial charge is 0.120 e. The zero-order valence-electron chi connectivity index (χ0n) is 11.3. The Morgan fingerprint density at radius 3 is 3.00 bits per heavy atom. The van der Waals surface area contributed by atoms with Gasteiger partial charge in [-0.2, -0.15) is 0 Å². The molecule has 19 heavy (non-hydrogen) atoms. The molecule has 1 aromatic carbocycles. The van der Waals surface area contributed by atoms with Crippen LogP contribution >= 0.6 is 0 Å². The number of hydrogen-bond acceptors (Lipinski definition) is 3. The van der Waals surface area contributed by atoms with Crippen molar-refractivity contribution in [1.29, 1.82) is 0 Å². The van der Waals surface area contributed by atoms with Crippen LogP contribution < -0.4 is 10.1 Å². The van der Waals surface area contributed by atoms with Gasteiger partial charge in [-0.3, -0.25) is 0 Å². The molecule has 0 saturated heterocycles. The minimum absolute atomic E-state index is 0.220. The number of rotatable bonds is 4. The van der Waals surface area contributed by atoms with Gasteiger partial charge in [0.25, 0.3) is 0 Å². The van der Waals surface area contributed by atoms with E-state index in [9.17, 15) is 0 Å². The molecular formula is C16H19NO2. The summed E-state index contributed by atoms with van der Waals surface area (Å²) in [5.74, 6) is 1.91. The molecule has 0 amide bonds. The summed E-state index contributed by atoms with van der Waals surface area (Å²) in [6.07, 6.45) is 3.98. The van der Waals surface area contributed by atoms with E-state index in [1.54, 1.807) is 13.4 Å². The number of nitrogens with one attached hydrogen (secondary N) is 1. The molecule has 3 nitrogen and oxygen atoms in total. The first kappa shape index (κ1) is 12.3. The van der Waals surface area contributed by atoms with Crippen molar-refractivity contribution in [2.24, 2.45) is 0 Å². The molecule has 1 heterocycles. The Morgan fingerprint density at radius 1 is 1.37 bits per heavy atom. The van der Waals surface area contributed by atoms with Crippen LogP contribution in [0, 0.1) is 0 Å². The lowest BCUT2D eigenvalue weighted by Crippen LogP contribution is -2.22. The fourth-order valence-corrected chi connectivity index (χ4v) is 2.80. The number of aryl methyl sites for hydroxylation is 1. The third-order valence-electron chi connectivity index (χ3n) is 3.85. The van der Waals surface area contributed by atoms with Crippen LogP contribution in [0.5, 0.6) is 5.75 Å². The fourth-order valence-electron chi connectivity index (χ4n) is 2.80.